The molecule has 0 aliphatic carbocycles. The van der Waals surface area contributed by atoms with Gasteiger partial charge < -0.3 is 14.0 Å². The van der Waals surface area contributed by atoms with E-state index in [4.69, 9.17) is 14.4 Å². The van der Waals surface area contributed by atoms with Crippen molar-refractivity contribution in [1.29, 1.82) is 0 Å². The third-order valence-corrected chi connectivity index (χ3v) is 12.4. The summed E-state index contributed by atoms with van der Waals surface area (Å²) in [5.41, 5.74) is 13.2. The van der Waals surface area contributed by atoms with Crippen LogP contribution >= 0.6 is 0 Å². The van der Waals surface area contributed by atoms with Crippen molar-refractivity contribution in [3.05, 3.63) is 163 Å². The van der Waals surface area contributed by atoms with Gasteiger partial charge in [0.25, 0.3) is 0 Å². The standard InChI is InChI=1S/C32H22N3O.C18H24NSi.Ir/c1-20-19-26-24-14-10-15-25(30(24)36-32(26)33-21(20)2)31-34-27-16-7-9-18-29(27)35(31)28-17-8-6-13-23(28)22-11-4-3-5-12-22;1-14(2)11-16-12-17(15-9-7-6-8-10-15)19-13-18(16)20(3,4)5;/h3-14,16-19H,1-2H3;6-9,12-14H,11H2,1-5H3;/q2*-1;. The van der Waals surface area contributed by atoms with Crippen molar-refractivity contribution in [3.8, 4) is 39.5 Å². The van der Waals surface area contributed by atoms with E-state index in [1.807, 2.05) is 55.5 Å². The smallest absolute Gasteiger partial charge is 0.216 e. The molecule has 0 fully saturated rings. The maximum atomic E-state index is 6.38. The molecule has 0 saturated carbocycles. The zero-order valence-electron chi connectivity index (χ0n) is 33.5. The molecule has 0 aliphatic heterocycles. The maximum Gasteiger partial charge on any atom is 0.216 e. The quantitative estimate of drug-likeness (QED) is 0.118. The van der Waals surface area contributed by atoms with Gasteiger partial charge in [-0.2, -0.15) is 0 Å². The van der Waals surface area contributed by atoms with E-state index in [2.05, 4.69) is 147 Å². The Balaban J connectivity index is 0.000000202. The molecule has 287 valence electrons. The number of pyridine rings is 2. The Hall–Kier alpha value is -5.46. The van der Waals surface area contributed by atoms with Gasteiger partial charge in [-0.15, -0.1) is 54.1 Å². The first-order valence-electron chi connectivity index (χ1n) is 19.4. The van der Waals surface area contributed by atoms with E-state index in [1.165, 1.54) is 10.8 Å². The van der Waals surface area contributed by atoms with Crippen LogP contribution in [0.5, 0.6) is 0 Å². The predicted octanol–water partition coefficient (Wildman–Crippen LogP) is 12.4. The fraction of sp³-hybridized carbons (Fsp3) is 0.180. The van der Waals surface area contributed by atoms with Crippen molar-refractivity contribution in [2.24, 2.45) is 5.92 Å². The maximum absolute atomic E-state index is 6.38. The third-order valence-electron chi connectivity index (χ3n) is 10.3. The van der Waals surface area contributed by atoms with Gasteiger partial charge in [0.2, 0.25) is 5.71 Å². The van der Waals surface area contributed by atoms with Gasteiger partial charge in [0.1, 0.15) is 0 Å². The monoisotopic (exact) mass is 939 g/mol. The van der Waals surface area contributed by atoms with Crippen LogP contribution in [0.2, 0.25) is 19.6 Å². The normalized spacial score (nSPS) is 11.5. The van der Waals surface area contributed by atoms with Crippen molar-refractivity contribution in [3.63, 3.8) is 0 Å². The molecule has 1 radical (unpaired) electrons. The Morgan fingerprint density at radius 2 is 1.49 bits per heavy atom. The van der Waals surface area contributed by atoms with Crippen LogP contribution < -0.4 is 5.19 Å². The van der Waals surface area contributed by atoms with Gasteiger partial charge in [0.15, 0.2) is 0 Å². The molecule has 0 bridgehead atoms. The molecular formula is C50H46IrN4OSi-2. The van der Waals surface area contributed by atoms with E-state index in [1.54, 1.807) is 0 Å². The summed E-state index contributed by atoms with van der Waals surface area (Å²) in [6.07, 6.45) is 3.24. The van der Waals surface area contributed by atoms with Crippen LogP contribution in [0.3, 0.4) is 0 Å². The number of para-hydroxylation sites is 3. The molecule has 0 aliphatic rings. The molecule has 57 heavy (non-hydrogen) atoms. The average molecular weight is 939 g/mol. The van der Waals surface area contributed by atoms with Crippen LogP contribution in [0.25, 0.3) is 72.6 Å². The van der Waals surface area contributed by atoms with Crippen LogP contribution in [-0.2, 0) is 26.5 Å². The fourth-order valence-electron chi connectivity index (χ4n) is 7.47. The molecule has 9 rings (SSSR count). The minimum atomic E-state index is -1.34. The first kappa shape index (κ1) is 39.8. The first-order valence-corrected chi connectivity index (χ1v) is 22.9. The first-order chi connectivity index (χ1) is 27.1. The van der Waals surface area contributed by atoms with Crippen molar-refractivity contribution < 1.29 is 24.5 Å². The number of fused-ring (bicyclic) bond motifs is 4. The number of furan rings is 1. The van der Waals surface area contributed by atoms with Crippen molar-refractivity contribution in [2.75, 3.05) is 0 Å². The SMILES string of the molecule is CC(C)Cc1cc(-c2[c-]cccc2)ncc1[Si](C)(C)C.Cc1cc2c(nc1C)oc1c(-c3nc4ccccc4n3-c3ccccc3-c3ccccc3)[c-]ccc12.[Ir]. The minimum absolute atomic E-state index is 0. The molecule has 0 N–H and O–H groups in total. The van der Waals surface area contributed by atoms with Gasteiger partial charge in [-0.3, -0.25) is 4.98 Å². The zero-order valence-corrected chi connectivity index (χ0v) is 36.9. The number of hydrogen-bond donors (Lipinski definition) is 0. The summed E-state index contributed by atoms with van der Waals surface area (Å²) in [7, 11) is -1.34. The molecule has 0 atom stereocenters. The Morgan fingerprint density at radius 1 is 0.754 bits per heavy atom. The van der Waals surface area contributed by atoms with Gasteiger partial charge >= 0.3 is 0 Å². The van der Waals surface area contributed by atoms with Crippen LogP contribution in [0.15, 0.2) is 138 Å². The number of rotatable bonds is 7. The van der Waals surface area contributed by atoms with Gasteiger partial charge in [0.05, 0.1) is 30.5 Å². The number of aromatic nitrogens is 4. The fourth-order valence-corrected chi connectivity index (χ4v) is 9.06. The molecule has 5 nitrogen and oxygen atoms in total. The van der Waals surface area contributed by atoms with Crippen LogP contribution in [0, 0.1) is 31.9 Å². The molecule has 4 aromatic heterocycles. The summed E-state index contributed by atoms with van der Waals surface area (Å²) in [5.74, 6) is 1.46. The Kier molecular flexibility index (Phi) is 11.6. The Bertz CT molecular complexity index is 2820. The van der Waals surface area contributed by atoms with Crippen molar-refractivity contribution >= 4 is 46.4 Å². The molecule has 0 unspecified atom stereocenters. The van der Waals surface area contributed by atoms with E-state index in [0.29, 0.717) is 11.6 Å². The number of nitrogens with zero attached hydrogens (tertiary/aromatic N) is 4. The van der Waals surface area contributed by atoms with Gasteiger partial charge in [-0.05, 0) is 72.5 Å². The van der Waals surface area contributed by atoms with Crippen LogP contribution in [-0.4, -0.2) is 27.6 Å². The second-order valence-corrected chi connectivity index (χ2v) is 21.0. The predicted molar refractivity (Wildman–Crippen MR) is 235 cm³/mol. The largest absolute Gasteiger partial charge is 0.486 e. The molecule has 0 saturated heterocycles. The second-order valence-electron chi connectivity index (χ2n) is 15.9. The molecule has 7 heteroatoms. The van der Waals surface area contributed by atoms with Crippen molar-refractivity contribution in [2.45, 2.75) is 53.8 Å². The molecule has 9 aromatic rings. The van der Waals surface area contributed by atoms with E-state index in [0.717, 1.165) is 84.5 Å². The summed E-state index contributed by atoms with van der Waals surface area (Å²) >= 11 is 0. The number of imidazole rings is 1. The molecule has 0 amide bonds. The Morgan fingerprint density at radius 3 is 2.25 bits per heavy atom. The number of benzene rings is 5. The molecule has 0 spiro atoms. The van der Waals surface area contributed by atoms with Crippen LogP contribution in [0.4, 0.5) is 0 Å². The molecule has 5 aromatic carbocycles. The van der Waals surface area contributed by atoms with Gasteiger partial charge in [0, 0.05) is 48.6 Å². The minimum Gasteiger partial charge on any atom is -0.486 e. The van der Waals surface area contributed by atoms with Gasteiger partial charge in [-0.25, -0.2) is 4.98 Å². The average Bonchev–Trinajstić information content (AvgIpc) is 3.76. The summed E-state index contributed by atoms with van der Waals surface area (Å²) < 4.78 is 8.60. The topological polar surface area (TPSA) is 56.7 Å². The summed E-state index contributed by atoms with van der Waals surface area (Å²) in [6, 6.07) is 50.4. The van der Waals surface area contributed by atoms with E-state index in [9.17, 15) is 0 Å². The second kappa shape index (κ2) is 16.6. The zero-order chi connectivity index (χ0) is 39.0. The van der Waals surface area contributed by atoms with Crippen molar-refractivity contribution in [1.82, 2.24) is 19.5 Å². The third kappa shape index (κ3) is 8.06. The van der Waals surface area contributed by atoms with Gasteiger partial charge in [-0.1, -0.05) is 117 Å². The van der Waals surface area contributed by atoms with E-state index < -0.39 is 8.07 Å². The summed E-state index contributed by atoms with van der Waals surface area (Å²) in [4.78, 5) is 14.5. The summed E-state index contributed by atoms with van der Waals surface area (Å²) in [5, 5.41) is 3.52. The summed E-state index contributed by atoms with van der Waals surface area (Å²) in [6.45, 7) is 15.8. The number of aryl methyl sites for hydroxylation is 2. The van der Waals surface area contributed by atoms with E-state index >= 15 is 0 Å². The molecular weight excluding hydrogens is 893 g/mol. The Labute approximate surface area is 350 Å². The van der Waals surface area contributed by atoms with E-state index in [-0.39, 0.29) is 20.1 Å². The van der Waals surface area contributed by atoms with Crippen LogP contribution in [0.1, 0.15) is 30.7 Å². The number of hydrogen-bond acceptors (Lipinski definition) is 4. The molecule has 4 heterocycles.